The number of ketones is 1. The topological polar surface area (TPSA) is 74.8 Å². The van der Waals surface area contributed by atoms with E-state index in [1.807, 2.05) is 12.1 Å². The zero-order valence-corrected chi connectivity index (χ0v) is 16.8. The number of benzene rings is 1. The Kier molecular flexibility index (Phi) is 6.32. The lowest BCUT2D eigenvalue weighted by Gasteiger charge is -2.33. The monoisotopic (exact) mass is 392 g/mol. The maximum absolute atomic E-state index is 12.5. The van der Waals surface area contributed by atoms with Crippen LogP contribution in [0.25, 0.3) is 0 Å². The average molecular weight is 393 g/mol. The van der Waals surface area contributed by atoms with E-state index >= 15 is 0 Å². The second-order valence-corrected chi connectivity index (χ2v) is 9.55. The second-order valence-electron chi connectivity index (χ2n) is 7.29. The molecule has 0 atom stereocenters. The fourth-order valence-corrected chi connectivity index (χ4v) is 4.91. The number of hydrogen-bond donors (Lipinski definition) is 0. The SMILES string of the molecule is CCS(=O)(=O)N1CCN(C(=O)CCC(=O)c2ccc3c(c2)CCCC3)CC1. The first-order valence-corrected chi connectivity index (χ1v) is 11.4. The molecule has 1 saturated heterocycles. The molecule has 1 aliphatic carbocycles. The van der Waals surface area contributed by atoms with Crippen molar-refractivity contribution >= 4 is 21.7 Å². The van der Waals surface area contributed by atoms with Crippen LogP contribution in [0.2, 0.25) is 0 Å². The van der Waals surface area contributed by atoms with Crippen LogP contribution in [0.5, 0.6) is 0 Å². The molecule has 0 aromatic heterocycles. The third-order valence-corrected chi connectivity index (χ3v) is 7.47. The molecule has 1 amide bonds. The van der Waals surface area contributed by atoms with Crippen molar-refractivity contribution < 1.29 is 18.0 Å². The first kappa shape index (κ1) is 20.0. The number of aryl methyl sites for hydroxylation is 2. The fourth-order valence-electron chi connectivity index (χ4n) is 3.83. The van der Waals surface area contributed by atoms with Crippen LogP contribution in [0, 0.1) is 0 Å². The number of carbonyl (C=O) groups excluding carboxylic acids is 2. The second kappa shape index (κ2) is 8.52. The van der Waals surface area contributed by atoms with E-state index in [1.165, 1.54) is 28.3 Å². The molecule has 6 nitrogen and oxygen atoms in total. The highest BCUT2D eigenvalue weighted by atomic mass is 32.2. The maximum Gasteiger partial charge on any atom is 0.223 e. The van der Waals surface area contributed by atoms with Crippen molar-refractivity contribution in [2.75, 3.05) is 31.9 Å². The van der Waals surface area contributed by atoms with E-state index < -0.39 is 10.0 Å². The van der Waals surface area contributed by atoms with E-state index in [9.17, 15) is 18.0 Å². The number of Topliss-reactive ketones (excluding diaryl/α,β-unsaturated/α-hetero) is 1. The molecule has 2 aliphatic rings. The van der Waals surface area contributed by atoms with Crippen LogP contribution in [-0.2, 0) is 27.7 Å². The predicted octanol–water partition coefficient (Wildman–Crippen LogP) is 2.02. The minimum Gasteiger partial charge on any atom is -0.340 e. The maximum atomic E-state index is 12.5. The standard InChI is InChI=1S/C20H28N2O4S/c1-2-27(25,26)22-13-11-21(12-14-22)20(24)10-9-19(23)18-8-7-16-5-3-4-6-17(16)15-18/h7-8,15H,2-6,9-14H2,1H3. The van der Waals surface area contributed by atoms with Gasteiger partial charge in [-0.3, -0.25) is 9.59 Å². The van der Waals surface area contributed by atoms with Gasteiger partial charge in [-0.25, -0.2) is 8.42 Å². The van der Waals surface area contributed by atoms with E-state index in [0.29, 0.717) is 31.7 Å². The summed E-state index contributed by atoms with van der Waals surface area (Å²) in [6.07, 6.45) is 4.87. The van der Waals surface area contributed by atoms with Crippen molar-refractivity contribution in [3.05, 3.63) is 34.9 Å². The molecule has 0 unspecified atom stereocenters. The molecule has 0 radical (unpaired) electrons. The van der Waals surface area contributed by atoms with Gasteiger partial charge in [0.2, 0.25) is 15.9 Å². The van der Waals surface area contributed by atoms with Crippen molar-refractivity contribution in [1.82, 2.24) is 9.21 Å². The number of amides is 1. The van der Waals surface area contributed by atoms with Gasteiger partial charge in [0, 0.05) is 44.6 Å². The normalized spacial score (nSPS) is 18.2. The minimum atomic E-state index is -3.20. The van der Waals surface area contributed by atoms with Gasteiger partial charge in [0.15, 0.2) is 5.78 Å². The minimum absolute atomic E-state index is 0.00363. The van der Waals surface area contributed by atoms with E-state index in [2.05, 4.69) is 6.07 Å². The highest BCUT2D eigenvalue weighted by molar-refractivity contribution is 7.89. The van der Waals surface area contributed by atoms with Gasteiger partial charge in [-0.1, -0.05) is 12.1 Å². The van der Waals surface area contributed by atoms with Crippen molar-refractivity contribution in [3.63, 3.8) is 0 Å². The summed E-state index contributed by atoms with van der Waals surface area (Å²) in [4.78, 5) is 26.5. The Morgan fingerprint density at radius 2 is 1.63 bits per heavy atom. The molecule has 1 heterocycles. The Balaban J connectivity index is 1.50. The molecule has 27 heavy (non-hydrogen) atoms. The molecule has 1 aromatic carbocycles. The van der Waals surface area contributed by atoms with Crippen molar-refractivity contribution in [3.8, 4) is 0 Å². The van der Waals surface area contributed by atoms with Crippen LogP contribution >= 0.6 is 0 Å². The molecule has 0 saturated carbocycles. The Bertz CT molecular complexity index is 811. The van der Waals surface area contributed by atoms with Crippen LogP contribution in [0.4, 0.5) is 0 Å². The summed E-state index contributed by atoms with van der Waals surface area (Å²) in [6, 6.07) is 5.93. The highest BCUT2D eigenvalue weighted by Gasteiger charge is 2.27. The summed E-state index contributed by atoms with van der Waals surface area (Å²) < 4.78 is 25.2. The molecule has 148 valence electrons. The molecule has 1 aliphatic heterocycles. The molecule has 7 heteroatoms. The summed E-state index contributed by atoms with van der Waals surface area (Å²) in [7, 11) is -3.20. The lowest BCUT2D eigenvalue weighted by molar-refractivity contribution is -0.132. The van der Waals surface area contributed by atoms with Gasteiger partial charge in [0.05, 0.1) is 5.75 Å². The van der Waals surface area contributed by atoms with E-state index in [1.54, 1.807) is 11.8 Å². The van der Waals surface area contributed by atoms with E-state index in [4.69, 9.17) is 0 Å². The highest BCUT2D eigenvalue weighted by Crippen LogP contribution is 2.23. The summed E-state index contributed by atoms with van der Waals surface area (Å²) >= 11 is 0. The summed E-state index contributed by atoms with van der Waals surface area (Å²) in [5, 5.41) is 0. The average Bonchev–Trinajstić information content (AvgIpc) is 2.71. The summed E-state index contributed by atoms with van der Waals surface area (Å²) in [5.41, 5.74) is 3.31. The smallest absolute Gasteiger partial charge is 0.223 e. The van der Waals surface area contributed by atoms with Crippen LogP contribution in [0.15, 0.2) is 18.2 Å². The molecular formula is C20H28N2O4S. The predicted molar refractivity (Wildman–Crippen MR) is 104 cm³/mol. The first-order valence-electron chi connectivity index (χ1n) is 9.81. The van der Waals surface area contributed by atoms with E-state index in [-0.39, 0.29) is 30.3 Å². The van der Waals surface area contributed by atoms with Crippen LogP contribution in [-0.4, -0.2) is 61.2 Å². The number of nitrogens with zero attached hydrogens (tertiary/aromatic N) is 2. The number of piperazine rings is 1. The third kappa shape index (κ3) is 4.76. The van der Waals surface area contributed by atoms with Crippen molar-refractivity contribution in [2.45, 2.75) is 45.4 Å². The van der Waals surface area contributed by atoms with Gasteiger partial charge in [0.25, 0.3) is 0 Å². The van der Waals surface area contributed by atoms with E-state index in [0.717, 1.165) is 12.8 Å². The van der Waals surface area contributed by atoms with Gasteiger partial charge in [-0.15, -0.1) is 0 Å². The molecular weight excluding hydrogens is 364 g/mol. The number of rotatable bonds is 6. The Hall–Kier alpha value is -1.73. The largest absolute Gasteiger partial charge is 0.340 e. The zero-order chi connectivity index (χ0) is 19.4. The number of carbonyl (C=O) groups is 2. The third-order valence-electron chi connectivity index (χ3n) is 5.59. The molecule has 0 spiro atoms. The fraction of sp³-hybridized carbons (Fsp3) is 0.600. The zero-order valence-electron chi connectivity index (χ0n) is 15.9. The molecule has 1 fully saturated rings. The summed E-state index contributed by atoms with van der Waals surface area (Å²) in [5.74, 6) is 0.00901. The van der Waals surface area contributed by atoms with Gasteiger partial charge < -0.3 is 4.90 Å². The van der Waals surface area contributed by atoms with Crippen LogP contribution < -0.4 is 0 Å². The van der Waals surface area contributed by atoms with Gasteiger partial charge >= 0.3 is 0 Å². The Morgan fingerprint density at radius 1 is 0.963 bits per heavy atom. The number of hydrogen-bond acceptors (Lipinski definition) is 4. The number of fused-ring (bicyclic) bond motifs is 1. The van der Waals surface area contributed by atoms with Gasteiger partial charge in [0.1, 0.15) is 0 Å². The molecule has 0 bridgehead atoms. The molecule has 3 rings (SSSR count). The summed E-state index contributed by atoms with van der Waals surface area (Å²) in [6.45, 7) is 3.08. The molecule has 1 aromatic rings. The van der Waals surface area contributed by atoms with Crippen molar-refractivity contribution in [2.24, 2.45) is 0 Å². The van der Waals surface area contributed by atoms with Crippen molar-refractivity contribution in [1.29, 1.82) is 0 Å². The molecule has 0 N–H and O–H groups in total. The van der Waals surface area contributed by atoms with Crippen LogP contribution in [0.1, 0.15) is 54.1 Å². The lowest BCUT2D eigenvalue weighted by Crippen LogP contribution is -2.50. The Morgan fingerprint density at radius 3 is 2.30 bits per heavy atom. The van der Waals surface area contributed by atoms with Crippen LogP contribution in [0.3, 0.4) is 0 Å². The number of sulfonamides is 1. The quantitative estimate of drug-likeness (QED) is 0.694. The van der Waals surface area contributed by atoms with Gasteiger partial charge in [-0.2, -0.15) is 4.31 Å². The lowest BCUT2D eigenvalue weighted by atomic mass is 9.89. The van der Waals surface area contributed by atoms with Gasteiger partial charge in [-0.05, 0) is 49.8 Å². The Labute approximate surface area is 161 Å². The first-order chi connectivity index (χ1) is 12.9.